The average molecular weight is 1110 g/mol. The van der Waals surface area contributed by atoms with Gasteiger partial charge in [0, 0.05) is 92.7 Å². The molecule has 2 aliphatic rings. The van der Waals surface area contributed by atoms with Gasteiger partial charge in [0.25, 0.3) is 21.9 Å². The molecule has 1 N–H and O–H groups in total. The maximum Gasteiger partial charge on any atom is 0.353 e. The number of hydrogen-bond acceptors (Lipinski definition) is 20. The molecule has 2 amide bonds. The lowest BCUT2D eigenvalue weighted by molar-refractivity contribution is -0.186. The number of allylic oxidation sites excluding steroid dienone is 2. The van der Waals surface area contributed by atoms with Gasteiger partial charge in [-0.2, -0.15) is 8.42 Å². The Balaban J connectivity index is 0.00000137. The minimum atomic E-state index is -4.71. The second-order valence-electron chi connectivity index (χ2n) is 18.2. The summed E-state index contributed by atoms with van der Waals surface area (Å²) in [5.74, 6) is -1.14. The van der Waals surface area contributed by atoms with E-state index in [1.807, 2.05) is 10.8 Å². The van der Waals surface area contributed by atoms with Crippen LogP contribution in [-0.4, -0.2) is 201 Å². The largest absolute Gasteiger partial charge is 0.382 e. The lowest BCUT2D eigenvalue weighted by atomic mass is 10.1. The molecule has 24 heteroatoms. The molecule has 2 rings (SSSR count). The van der Waals surface area contributed by atoms with Crippen LogP contribution in [-0.2, 0) is 67.4 Å². The number of carbonyl (C=O) groups is 4. The van der Waals surface area contributed by atoms with E-state index in [2.05, 4.69) is 78.3 Å². The van der Waals surface area contributed by atoms with E-state index in [1.165, 1.54) is 10.8 Å². The monoisotopic (exact) mass is 1110 g/mol. The molecule has 416 valence electrons. The molecule has 2 aliphatic heterocycles. The standard InChI is InChI=1S/C23H42N2O9S3.C23H42N2O6S2.CH4/c1-18(2)24(10-11-32-14-15-33-13-12-31-6)17-23(4,5)36-35-16-9-20(37(28,29)30)22(27)34-25-19(3)7-8-21(25)26;1-19(2)24(11-12-29-15-16-30-14-13-28-6)18-23(4,5)33-32-17-7-8-22(27)31-25-20(3)9-10-21(25)26;/h18,20H,3,7-17H2,1-2,4-6H3,(H,28,29,30);19H,3,7-18H2,1-2,4-6H3;1H4. The SMILES string of the molecule is C.C=C1CCC(=O)N1OC(=O)C(CCSSC(C)(C)CN(CCOCCOCCOC)C(C)C)S(=O)(=O)O.C=C1CCC(=O)N1OC(=O)CCCSSC(C)(C)CN(CCOCCOCCOC)C(C)C. The fourth-order valence-corrected chi connectivity index (χ4v) is 12.4. The molecule has 0 radical (unpaired) electrons. The Morgan fingerprint density at radius 3 is 1.44 bits per heavy atom. The number of hydrogen-bond donors (Lipinski definition) is 1. The zero-order valence-electron chi connectivity index (χ0n) is 43.4. The number of carbonyl (C=O) groups excluding carboxylic acids is 4. The third-order valence-corrected chi connectivity index (χ3v) is 18.0. The smallest absolute Gasteiger partial charge is 0.353 e. The van der Waals surface area contributed by atoms with Crippen LogP contribution in [0.1, 0.15) is 108 Å². The van der Waals surface area contributed by atoms with Crippen LogP contribution in [0.2, 0.25) is 0 Å². The summed E-state index contributed by atoms with van der Waals surface area (Å²) in [4.78, 5) is 62.6. The zero-order valence-corrected chi connectivity index (χ0v) is 47.5. The maximum atomic E-state index is 12.4. The highest BCUT2D eigenvalue weighted by molar-refractivity contribution is 8.77. The Morgan fingerprint density at radius 1 is 0.662 bits per heavy atom. The second kappa shape index (κ2) is 38.0. The first kappa shape index (κ1) is 69.3. The summed E-state index contributed by atoms with van der Waals surface area (Å²) >= 11 is 0. The Kier molecular flexibility index (Phi) is 37.1. The van der Waals surface area contributed by atoms with Gasteiger partial charge in [0.2, 0.25) is 0 Å². The predicted octanol–water partition coefficient (Wildman–Crippen LogP) is 7.32. The molecule has 0 bridgehead atoms. The summed E-state index contributed by atoms with van der Waals surface area (Å²) < 4.78 is 65.1. The van der Waals surface area contributed by atoms with Crippen molar-refractivity contribution in [2.24, 2.45) is 0 Å². The molecule has 0 saturated carbocycles. The zero-order chi connectivity index (χ0) is 52.8. The van der Waals surface area contributed by atoms with Crippen molar-refractivity contribution in [3.8, 4) is 0 Å². The Hall–Kier alpha value is -1.65. The van der Waals surface area contributed by atoms with Gasteiger partial charge < -0.3 is 38.1 Å². The molecule has 0 spiro atoms. The number of rotatable bonds is 39. The molecule has 1 atom stereocenters. The summed E-state index contributed by atoms with van der Waals surface area (Å²) in [6, 6.07) is 0.724. The fraction of sp³-hybridized carbons (Fsp3) is 0.830. The van der Waals surface area contributed by atoms with Gasteiger partial charge in [0.1, 0.15) is 0 Å². The van der Waals surface area contributed by atoms with Crippen LogP contribution in [0.3, 0.4) is 0 Å². The molecule has 2 heterocycles. The van der Waals surface area contributed by atoms with Gasteiger partial charge in [-0.15, -0.1) is 10.1 Å². The van der Waals surface area contributed by atoms with Crippen molar-refractivity contribution in [3.05, 3.63) is 24.6 Å². The molecule has 2 saturated heterocycles. The maximum absolute atomic E-state index is 12.4. The number of methoxy groups -OCH3 is 2. The topological polar surface area (TPSA) is 209 Å². The van der Waals surface area contributed by atoms with E-state index < -0.39 is 27.2 Å². The van der Waals surface area contributed by atoms with Gasteiger partial charge in [0.15, 0.2) is 5.25 Å². The lowest BCUT2D eigenvalue weighted by Crippen LogP contribution is -2.42. The van der Waals surface area contributed by atoms with Gasteiger partial charge in [-0.25, -0.2) is 9.59 Å². The number of amides is 2. The van der Waals surface area contributed by atoms with Crippen molar-refractivity contribution in [3.63, 3.8) is 0 Å². The summed E-state index contributed by atoms with van der Waals surface area (Å²) in [5, 5.41) is -0.0244. The molecule has 0 aromatic carbocycles. The average Bonchev–Trinajstić information content (AvgIpc) is 3.76. The van der Waals surface area contributed by atoms with Gasteiger partial charge in [0.05, 0.1) is 77.5 Å². The first-order valence-corrected chi connectivity index (χ1v) is 29.9. The Bertz CT molecular complexity index is 1640. The van der Waals surface area contributed by atoms with Crippen molar-refractivity contribution in [2.75, 3.05) is 118 Å². The van der Waals surface area contributed by atoms with Crippen molar-refractivity contribution >= 4 is 77.0 Å². The van der Waals surface area contributed by atoms with E-state index in [-0.39, 0.29) is 59.5 Å². The first-order chi connectivity index (χ1) is 32.9. The Labute approximate surface area is 442 Å². The van der Waals surface area contributed by atoms with Crippen LogP contribution in [0, 0.1) is 0 Å². The van der Waals surface area contributed by atoms with E-state index in [1.54, 1.807) is 35.8 Å². The molecular weight excluding hydrogens is 1020 g/mol. The molecule has 1 unspecified atom stereocenters. The van der Waals surface area contributed by atoms with Crippen LogP contribution >= 0.6 is 43.2 Å². The quantitative estimate of drug-likeness (QED) is 0.0363. The predicted molar refractivity (Wildman–Crippen MR) is 287 cm³/mol. The van der Waals surface area contributed by atoms with Gasteiger partial charge in [-0.3, -0.25) is 23.9 Å². The van der Waals surface area contributed by atoms with E-state index in [0.29, 0.717) is 115 Å². The van der Waals surface area contributed by atoms with Crippen molar-refractivity contribution in [1.29, 1.82) is 0 Å². The van der Waals surface area contributed by atoms with Crippen LogP contribution in [0.25, 0.3) is 0 Å². The van der Waals surface area contributed by atoms with Gasteiger partial charge >= 0.3 is 11.9 Å². The number of ether oxygens (including phenoxy) is 6. The normalized spacial score (nSPS) is 15.0. The third-order valence-electron chi connectivity index (χ3n) is 10.2. The minimum absolute atomic E-state index is 0. The molecule has 0 aromatic heterocycles. The van der Waals surface area contributed by atoms with E-state index >= 15 is 0 Å². The molecule has 0 aliphatic carbocycles. The third kappa shape index (κ3) is 31.8. The summed E-state index contributed by atoms with van der Waals surface area (Å²) in [5.41, 5.74) is 0.824. The molecule has 2 fully saturated rings. The molecule has 71 heavy (non-hydrogen) atoms. The Morgan fingerprint density at radius 2 is 1.06 bits per heavy atom. The van der Waals surface area contributed by atoms with Crippen LogP contribution in [0.5, 0.6) is 0 Å². The highest BCUT2D eigenvalue weighted by atomic mass is 33.1. The van der Waals surface area contributed by atoms with E-state index in [4.69, 9.17) is 38.1 Å². The minimum Gasteiger partial charge on any atom is -0.382 e. The summed E-state index contributed by atoms with van der Waals surface area (Å²) in [7, 11) is 5.16. The van der Waals surface area contributed by atoms with E-state index in [9.17, 15) is 32.1 Å². The summed E-state index contributed by atoms with van der Waals surface area (Å²) in [6.45, 7) is 33.7. The molecule has 19 nitrogen and oxygen atoms in total. The van der Waals surface area contributed by atoms with Crippen molar-refractivity contribution in [2.45, 2.75) is 135 Å². The summed E-state index contributed by atoms with van der Waals surface area (Å²) in [6.07, 6.45) is 2.20. The second-order valence-corrected chi connectivity index (χ2v) is 26.0. The highest BCUT2D eigenvalue weighted by Gasteiger charge is 2.37. The van der Waals surface area contributed by atoms with Crippen LogP contribution < -0.4 is 0 Å². The highest BCUT2D eigenvalue weighted by Crippen LogP contribution is 2.38. The van der Waals surface area contributed by atoms with Gasteiger partial charge in [-0.05, 0) is 81.1 Å². The van der Waals surface area contributed by atoms with E-state index in [0.717, 1.165) is 37.0 Å². The van der Waals surface area contributed by atoms with Crippen molar-refractivity contribution in [1.82, 2.24) is 19.9 Å². The number of hydroxylamine groups is 4. The molecule has 0 aromatic rings. The lowest BCUT2D eigenvalue weighted by Gasteiger charge is -2.34. The fourth-order valence-electron chi connectivity index (χ4n) is 6.37. The van der Waals surface area contributed by atoms with Crippen LogP contribution in [0.15, 0.2) is 24.6 Å². The number of nitrogens with zero attached hydrogens (tertiary/aromatic N) is 4. The van der Waals surface area contributed by atoms with Crippen LogP contribution in [0.4, 0.5) is 0 Å². The first-order valence-electron chi connectivity index (χ1n) is 23.7. The van der Waals surface area contributed by atoms with Crippen molar-refractivity contribution < 1.29 is 70.2 Å². The van der Waals surface area contributed by atoms with Gasteiger partial charge in [-0.1, -0.05) is 63.8 Å². The molecular formula is C47H88N4O15S5.